The lowest BCUT2D eigenvalue weighted by Crippen LogP contribution is -2.42. The predicted molar refractivity (Wildman–Crippen MR) is 64.0 cm³/mol. The Bertz CT molecular complexity index is 295. The van der Waals surface area contributed by atoms with E-state index in [1.807, 2.05) is 6.20 Å². The molecule has 0 unspecified atom stereocenters. The van der Waals surface area contributed by atoms with Gasteiger partial charge in [-0.3, -0.25) is 14.9 Å². The Morgan fingerprint density at radius 3 is 3.06 bits per heavy atom. The third-order valence-electron chi connectivity index (χ3n) is 2.99. The van der Waals surface area contributed by atoms with Crippen LogP contribution in [0.4, 0.5) is 0 Å². The van der Waals surface area contributed by atoms with E-state index in [0.29, 0.717) is 6.04 Å². The van der Waals surface area contributed by atoms with E-state index in [9.17, 15) is 0 Å². The highest BCUT2D eigenvalue weighted by Crippen LogP contribution is 2.08. The Morgan fingerprint density at radius 2 is 2.38 bits per heavy atom. The van der Waals surface area contributed by atoms with E-state index in [1.54, 1.807) is 12.4 Å². The van der Waals surface area contributed by atoms with Crippen molar-refractivity contribution < 1.29 is 0 Å². The first-order valence-corrected chi connectivity index (χ1v) is 6.01. The van der Waals surface area contributed by atoms with E-state index < -0.39 is 0 Å². The minimum Gasteiger partial charge on any atom is -0.313 e. The molecule has 1 saturated heterocycles. The Balaban J connectivity index is 1.77. The summed E-state index contributed by atoms with van der Waals surface area (Å²) in [4.78, 5) is 10.7. The maximum atomic E-state index is 4.29. The summed E-state index contributed by atoms with van der Waals surface area (Å²) in [7, 11) is 2.14. The molecule has 0 amide bonds. The van der Waals surface area contributed by atoms with Gasteiger partial charge in [0, 0.05) is 37.7 Å². The van der Waals surface area contributed by atoms with Gasteiger partial charge in [0.15, 0.2) is 0 Å². The molecule has 2 heterocycles. The zero-order valence-corrected chi connectivity index (χ0v) is 9.89. The van der Waals surface area contributed by atoms with Crippen LogP contribution in [0.2, 0.25) is 0 Å². The first-order valence-electron chi connectivity index (χ1n) is 6.01. The maximum absolute atomic E-state index is 4.29. The van der Waals surface area contributed by atoms with E-state index in [0.717, 1.165) is 18.8 Å². The van der Waals surface area contributed by atoms with Crippen molar-refractivity contribution in [1.29, 1.82) is 0 Å². The molecule has 0 aliphatic carbocycles. The van der Waals surface area contributed by atoms with Gasteiger partial charge in [-0.15, -0.1) is 0 Å². The molecule has 1 N–H and O–H groups in total. The first kappa shape index (κ1) is 11.5. The van der Waals surface area contributed by atoms with Crippen molar-refractivity contribution in [2.45, 2.75) is 31.8 Å². The number of hydrogen-bond acceptors (Lipinski definition) is 4. The summed E-state index contributed by atoms with van der Waals surface area (Å²) in [6.07, 6.45) is 9.28. The molecule has 1 fully saturated rings. The van der Waals surface area contributed by atoms with Crippen molar-refractivity contribution in [3.63, 3.8) is 0 Å². The summed E-state index contributed by atoms with van der Waals surface area (Å²) >= 11 is 0. The van der Waals surface area contributed by atoms with E-state index in [4.69, 9.17) is 0 Å². The average molecular weight is 220 g/mol. The number of nitrogens with zero attached hydrogens (tertiary/aromatic N) is 3. The van der Waals surface area contributed by atoms with Crippen LogP contribution in [0.3, 0.4) is 0 Å². The van der Waals surface area contributed by atoms with Crippen LogP contribution in [0.25, 0.3) is 0 Å². The highest BCUT2D eigenvalue weighted by atomic mass is 15.1. The fourth-order valence-electron chi connectivity index (χ4n) is 2.21. The van der Waals surface area contributed by atoms with Gasteiger partial charge >= 0.3 is 0 Å². The van der Waals surface area contributed by atoms with Crippen LogP contribution in [0.5, 0.6) is 0 Å². The van der Waals surface area contributed by atoms with E-state index in [2.05, 4.69) is 27.2 Å². The molecular weight excluding hydrogens is 200 g/mol. The number of hydrogen-bond donors (Lipinski definition) is 1. The minimum absolute atomic E-state index is 0.649. The topological polar surface area (TPSA) is 41.1 Å². The van der Waals surface area contributed by atoms with Crippen molar-refractivity contribution in [3.05, 3.63) is 24.3 Å². The SMILES string of the molecule is CN(Cc1cnccn1)C[C@@H]1CCCCN1. The second kappa shape index (κ2) is 5.92. The molecule has 1 aliphatic rings. The summed E-state index contributed by atoms with van der Waals surface area (Å²) in [6.45, 7) is 3.15. The van der Waals surface area contributed by atoms with Crippen LogP contribution >= 0.6 is 0 Å². The van der Waals surface area contributed by atoms with Crippen LogP contribution in [0.15, 0.2) is 18.6 Å². The molecule has 0 bridgehead atoms. The number of aromatic nitrogens is 2. The van der Waals surface area contributed by atoms with Gasteiger partial charge in [-0.2, -0.15) is 0 Å². The van der Waals surface area contributed by atoms with Gasteiger partial charge in [-0.05, 0) is 26.4 Å². The number of likely N-dealkylation sites (N-methyl/N-ethyl adjacent to an activating group) is 1. The molecular formula is C12H20N4. The van der Waals surface area contributed by atoms with Crippen molar-refractivity contribution in [2.75, 3.05) is 20.1 Å². The Labute approximate surface area is 97.1 Å². The summed E-state index contributed by atoms with van der Waals surface area (Å²) in [5.41, 5.74) is 1.04. The summed E-state index contributed by atoms with van der Waals surface area (Å²) in [5, 5.41) is 3.56. The molecule has 88 valence electrons. The number of nitrogens with one attached hydrogen (secondary N) is 1. The first-order chi connectivity index (χ1) is 7.84. The zero-order valence-electron chi connectivity index (χ0n) is 9.89. The van der Waals surface area contributed by atoms with Gasteiger partial charge in [0.25, 0.3) is 0 Å². The molecule has 0 radical (unpaired) electrons. The van der Waals surface area contributed by atoms with Gasteiger partial charge in [0.05, 0.1) is 5.69 Å². The highest BCUT2D eigenvalue weighted by Gasteiger charge is 2.14. The number of rotatable bonds is 4. The standard InChI is InChI=1S/C12H20N4/c1-16(9-11-4-2-3-5-14-11)10-12-8-13-6-7-15-12/h6-8,11,14H,2-5,9-10H2,1H3/t11-/m0/s1. The second-order valence-corrected chi connectivity index (χ2v) is 4.54. The van der Waals surface area contributed by atoms with E-state index in [-0.39, 0.29) is 0 Å². The Kier molecular flexibility index (Phi) is 4.25. The molecule has 4 nitrogen and oxygen atoms in total. The van der Waals surface area contributed by atoms with Gasteiger partial charge in [-0.25, -0.2) is 0 Å². The van der Waals surface area contributed by atoms with Crippen LogP contribution < -0.4 is 5.32 Å². The van der Waals surface area contributed by atoms with Gasteiger partial charge in [0.2, 0.25) is 0 Å². The molecule has 1 aromatic rings. The summed E-state index contributed by atoms with van der Waals surface area (Å²) in [5.74, 6) is 0. The van der Waals surface area contributed by atoms with Gasteiger partial charge < -0.3 is 5.32 Å². The Morgan fingerprint density at radius 1 is 1.44 bits per heavy atom. The van der Waals surface area contributed by atoms with E-state index >= 15 is 0 Å². The third-order valence-corrected chi connectivity index (χ3v) is 2.99. The highest BCUT2D eigenvalue weighted by molar-refractivity contribution is 4.94. The third kappa shape index (κ3) is 3.54. The van der Waals surface area contributed by atoms with Gasteiger partial charge in [-0.1, -0.05) is 6.42 Å². The zero-order chi connectivity index (χ0) is 11.2. The second-order valence-electron chi connectivity index (χ2n) is 4.54. The van der Waals surface area contributed by atoms with Crippen LogP contribution in [0.1, 0.15) is 25.0 Å². The normalized spacial score (nSPS) is 21.2. The molecule has 4 heteroatoms. The summed E-state index contributed by atoms with van der Waals surface area (Å²) < 4.78 is 0. The van der Waals surface area contributed by atoms with Gasteiger partial charge in [0.1, 0.15) is 0 Å². The molecule has 1 aromatic heterocycles. The van der Waals surface area contributed by atoms with Crippen molar-refractivity contribution >= 4 is 0 Å². The molecule has 0 aromatic carbocycles. The minimum atomic E-state index is 0.649. The smallest absolute Gasteiger partial charge is 0.0726 e. The average Bonchev–Trinajstić information content (AvgIpc) is 2.31. The van der Waals surface area contributed by atoms with Crippen LogP contribution in [0, 0.1) is 0 Å². The van der Waals surface area contributed by atoms with Crippen molar-refractivity contribution in [2.24, 2.45) is 0 Å². The lowest BCUT2D eigenvalue weighted by Gasteiger charge is -2.27. The van der Waals surface area contributed by atoms with Crippen molar-refractivity contribution in [1.82, 2.24) is 20.2 Å². The maximum Gasteiger partial charge on any atom is 0.0726 e. The fraction of sp³-hybridized carbons (Fsp3) is 0.667. The molecule has 16 heavy (non-hydrogen) atoms. The molecule has 1 aliphatic heterocycles. The quantitative estimate of drug-likeness (QED) is 0.823. The lowest BCUT2D eigenvalue weighted by atomic mass is 10.0. The predicted octanol–water partition coefficient (Wildman–Crippen LogP) is 1.05. The van der Waals surface area contributed by atoms with Crippen LogP contribution in [-0.2, 0) is 6.54 Å². The molecule has 0 saturated carbocycles. The molecule has 2 rings (SSSR count). The van der Waals surface area contributed by atoms with Crippen LogP contribution in [-0.4, -0.2) is 41.0 Å². The summed E-state index contributed by atoms with van der Waals surface area (Å²) in [6, 6.07) is 0.649. The fourth-order valence-corrected chi connectivity index (χ4v) is 2.21. The van der Waals surface area contributed by atoms with E-state index in [1.165, 1.54) is 25.8 Å². The van der Waals surface area contributed by atoms with Crippen molar-refractivity contribution in [3.8, 4) is 0 Å². The number of piperidine rings is 1. The largest absolute Gasteiger partial charge is 0.313 e. The lowest BCUT2D eigenvalue weighted by molar-refractivity contribution is 0.254. The molecule has 1 atom stereocenters. The Hall–Kier alpha value is -1.00. The molecule has 0 spiro atoms. The monoisotopic (exact) mass is 220 g/mol.